The Balaban J connectivity index is 2.03. The van der Waals surface area contributed by atoms with Gasteiger partial charge in [-0.1, -0.05) is 6.07 Å². The number of pyridine rings is 1. The molecule has 0 bridgehead atoms. The molecule has 0 radical (unpaired) electrons. The number of anilines is 1. The zero-order valence-corrected chi connectivity index (χ0v) is 10.7. The summed E-state index contributed by atoms with van der Waals surface area (Å²) in [4.78, 5) is 5.63. The minimum Gasteiger partial charge on any atom is -0.357 e. The molecule has 3 nitrogen and oxygen atoms in total. The Morgan fingerprint density at radius 3 is 2.53 bits per heavy atom. The second-order valence-electron chi connectivity index (χ2n) is 4.89. The third kappa shape index (κ3) is 3.59. The molecule has 1 aromatic heterocycles. The van der Waals surface area contributed by atoms with Gasteiger partial charge in [-0.05, 0) is 43.9 Å². The average molecular weight is 273 g/mol. The van der Waals surface area contributed by atoms with E-state index < -0.39 is 11.9 Å². The van der Waals surface area contributed by atoms with Crippen LogP contribution in [0.4, 0.5) is 19.0 Å². The van der Waals surface area contributed by atoms with Crippen LogP contribution in [-0.4, -0.2) is 24.6 Å². The van der Waals surface area contributed by atoms with Crippen LogP contribution in [0, 0.1) is 5.92 Å². The maximum absolute atomic E-state index is 12.6. The average Bonchev–Trinajstić information content (AvgIpc) is 2.39. The quantitative estimate of drug-likeness (QED) is 0.920. The summed E-state index contributed by atoms with van der Waals surface area (Å²) in [5.41, 5.74) is 4.70. The lowest BCUT2D eigenvalue weighted by Gasteiger charge is -2.32. The Hall–Kier alpha value is -1.30. The SMILES string of the molecule is NCCC1CCN(c2cccc(C(F)(F)F)n2)CC1. The van der Waals surface area contributed by atoms with Crippen molar-refractivity contribution in [3.8, 4) is 0 Å². The molecule has 2 N–H and O–H groups in total. The van der Waals surface area contributed by atoms with Crippen LogP contribution in [0.5, 0.6) is 0 Å². The summed E-state index contributed by atoms with van der Waals surface area (Å²) in [7, 11) is 0. The second-order valence-corrected chi connectivity index (χ2v) is 4.89. The first-order valence-electron chi connectivity index (χ1n) is 6.50. The van der Waals surface area contributed by atoms with Crippen LogP contribution in [0.15, 0.2) is 18.2 Å². The minimum atomic E-state index is -4.38. The number of hydrogen-bond donors (Lipinski definition) is 1. The van der Waals surface area contributed by atoms with E-state index in [0.29, 0.717) is 18.3 Å². The first kappa shape index (κ1) is 14.1. The predicted octanol–water partition coefficient (Wildman–Crippen LogP) is 2.67. The number of halogens is 3. The number of alkyl halides is 3. The van der Waals surface area contributed by atoms with Crippen molar-refractivity contribution in [2.24, 2.45) is 11.7 Å². The Bertz CT molecular complexity index is 412. The van der Waals surface area contributed by atoms with Crippen molar-refractivity contribution < 1.29 is 13.2 Å². The predicted molar refractivity (Wildman–Crippen MR) is 67.8 cm³/mol. The number of aromatic nitrogens is 1. The van der Waals surface area contributed by atoms with Crippen LogP contribution in [0.2, 0.25) is 0 Å². The van der Waals surface area contributed by atoms with Gasteiger partial charge in [-0.2, -0.15) is 13.2 Å². The molecular weight excluding hydrogens is 255 g/mol. The molecule has 106 valence electrons. The van der Waals surface area contributed by atoms with E-state index in [9.17, 15) is 13.2 Å². The molecule has 2 rings (SSSR count). The highest BCUT2D eigenvalue weighted by Crippen LogP contribution is 2.30. The van der Waals surface area contributed by atoms with Crippen molar-refractivity contribution in [1.29, 1.82) is 0 Å². The van der Waals surface area contributed by atoms with Crippen LogP contribution in [-0.2, 0) is 6.18 Å². The fourth-order valence-electron chi connectivity index (χ4n) is 2.44. The molecule has 1 saturated heterocycles. The summed E-state index contributed by atoms with van der Waals surface area (Å²) in [6, 6.07) is 4.06. The van der Waals surface area contributed by atoms with Crippen molar-refractivity contribution in [3.63, 3.8) is 0 Å². The summed E-state index contributed by atoms with van der Waals surface area (Å²) in [5, 5.41) is 0. The van der Waals surface area contributed by atoms with Crippen molar-refractivity contribution in [1.82, 2.24) is 4.98 Å². The standard InChI is InChI=1S/C13H18F3N3/c14-13(15,16)11-2-1-3-12(18-11)19-8-5-10(4-7-17)6-9-19/h1-3,10H,4-9,17H2. The van der Waals surface area contributed by atoms with E-state index in [1.165, 1.54) is 6.07 Å². The van der Waals surface area contributed by atoms with E-state index in [-0.39, 0.29) is 0 Å². The fourth-order valence-corrected chi connectivity index (χ4v) is 2.44. The molecule has 0 aromatic carbocycles. The molecule has 1 aromatic rings. The van der Waals surface area contributed by atoms with Gasteiger partial charge >= 0.3 is 6.18 Å². The molecule has 1 aliphatic heterocycles. The molecule has 2 heterocycles. The topological polar surface area (TPSA) is 42.1 Å². The van der Waals surface area contributed by atoms with Gasteiger partial charge in [0.15, 0.2) is 0 Å². The Kier molecular flexibility index (Phi) is 4.29. The first-order valence-corrected chi connectivity index (χ1v) is 6.50. The van der Waals surface area contributed by atoms with Crippen LogP contribution in [0.3, 0.4) is 0 Å². The lowest BCUT2D eigenvalue weighted by molar-refractivity contribution is -0.141. The molecule has 19 heavy (non-hydrogen) atoms. The van der Waals surface area contributed by atoms with E-state index in [4.69, 9.17) is 5.73 Å². The Labute approximate surface area is 110 Å². The van der Waals surface area contributed by atoms with Crippen molar-refractivity contribution in [2.75, 3.05) is 24.5 Å². The molecular formula is C13H18F3N3. The lowest BCUT2D eigenvalue weighted by atomic mass is 9.94. The van der Waals surface area contributed by atoms with E-state index in [0.717, 1.165) is 38.4 Å². The lowest BCUT2D eigenvalue weighted by Crippen LogP contribution is -2.35. The van der Waals surface area contributed by atoms with Gasteiger partial charge in [0.2, 0.25) is 0 Å². The monoisotopic (exact) mass is 273 g/mol. The highest BCUT2D eigenvalue weighted by atomic mass is 19.4. The number of rotatable bonds is 3. The van der Waals surface area contributed by atoms with Gasteiger partial charge in [-0.15, -0.1) is 0 Å². The summed E-state index contributed by atoms with van der Waals surface area (Å²) < 4.78 is 37.8. The molecule has 0 spiro atoms. The van der Waals surface area contributed by atoms with Gasteiger partial charge < -0.3 is 10.6 Å². The summed E-state index contributed by atoms with van der Waals surface area (Å²) >= 11 is 0. The molecule has 0 unspecified atom stereocenters. The van der Waals surface area contributed by atoms with Gasteiger partial charge in [0.05, 0.1) is 0 Å². The molecule has 1 aliphatic rings. The molecule has 1 fully saturated rings. The summed E-state index contributed by atoms with van der Waals surface area (Å²) in [6.45, 7) is 2.17. The van der Waals surface area contributed by atoms with Crippen molar-refractivity contribution >= 4 is 5.82 Å². The smallest absolute Gasteiger partial charge is 0.357 e. The molecule has 0 aliphatic carbocycles. The van der Waals surface area contributed by atoms with Gasteiger partial charge in [0.1, 0.15) is 11.5 Å². The first-order chi connectivity index (χ1) is 9.00. The van der Waals surface area contributed by atoms with E-state index in [1.54, 1.807) is 6.07 Å². The third-order valence-electron chi connectivity index (χ3n) is 3.54. The Morgan fingerprint density at radius 1 is 1.26 bits per heavy atom. The highest BCUT2D eigenvalue weighted by Gasteiger charge is 2.33. The molecule has 0 atom stereocenters. The van der Waals surface area contributed by atoms with Gasteiger partial charge in [-0.3, -0.25) is 0 Å². The van der Waals surface area contributed by atoms with Crippen LogP contribution in [0.25, 0.3) is 0 Å². The summed E-state index contributed by atoms with van der Waals surface area (Å²) in [6.07, 6.45) is -1.46. The largest absolute Gasteiger partial charge is 0.433 e. The van der Waals surface area contributed by atoms with Gasteiger partial charge in [-0.25, -0.2) is 4.98 Å². The van der Waals surface area contributed by atoms with E-state index in [2.05, 4.69) is 4.98 Å². The van der Waals surface area contributed by atoms with E-state index in [1.807, 2.05) is 4.90 Å². The Morgan fingerprint density at radius 2 is 1.95 bits per heavy atom. The zero-order valence-electron chi connectivity index (χ0n) is 10.7. The molecule has 0 saturated carbocycles. The van der Waals surface area contributed by atoms with Crippen LogP contribution < -0.4 is 10.6 Å². The highest BCUT2D eigenvalue weighted by molar-refractivity contribution is 5.40. The summed E-state index contributed by atoms with van der Waals surface area (Å²) in [5.74, 6) is 1.01. The second kappa shape index (κ2) is 5.77. The number of nitrogens with zero attached hydrogens (tertiary/aromatic N) is 2. The maximum Gasteiger partial charge on any atom is 0.433 e. The minimum absolute atomic E-state index is 0.418. The normalized spacial score (nSPS) is 17.8. The fraction of sp³-hybridized carbons (Fsp3) is 0.615. The van der Waals surface area contributed by atoms with Gasteiger partial charge in [0, 0.05) is 13.1 Å². The van der Waals surface area contributed by atoms with Crippen LogP contribution >= 0.6 is 0 Å². The van der Waals surface area contributed by atoms with Crippen molar-refractivity contribution in [3.05, 3.63) is 23.9 Å². The number of piperidine rings is 1. The van der Waals surface area contributed by atoms with E-state index >= 15 is 0 Å². The van der Waals surface area contributed by atoms with Crippen LogP contribution in [0.1, 0.15) is 25.0 Å². The van der Waals surface area contributed by atoms with Gasteiger partial charge in [0.25, 0.3) is 0 Å². The van der Waals surface area contributed by atoms with Crippen molar-refractivity contribution in [2.45, 2.75) is 25.4 Å². The third-order valence-corrected chi connectivity index (χ3v) is 3.54. The molecule has 6 heteroatoms. The zero-order chi connectivity index (χ0) is 13.9. The maximum atomic E-state index is 12.6. The number of nitrogens with two attached hydrogens (primary N) is 1. The molecule has 0 amide bonds. The number of hydrogen-bond acceptors (Lipinski definition) is 3.